The number of benzene rings is 1. The van der Waals surface area contributed by atoms with Gasteiger partial charge < -0.3 is 5.11 Å². The Kier molecular flexibility index (Phi) is 5.14. The Morgan fingerprint density at radius 1 is 1.24 bits per heavy atom. The number of sulfonamides is 1. The van der Waals surface area contributed by atoms with Gasteiger partial charge in [0, 0.05) is 11.3 Å². The predicted octanol–water partition coefficient (Wildman–Crippen LogP) is 3.20. The van der Waals surface area contributed by atoms with E-state index < -0.39 is 10.0 Å². The van der Waals surface area contributed by atoms with Crippen molar-refractivity contribution < 1.29 is 13.5 Å². The summed E-state index contributed by atoms with van der Waals surface area (Å²) < 4.78 is 27.2. The molecule has 0 atom stereocenters. The molecular weight excluding hydrogens is 353 g/mol. The van der Waals surface area contributed by atoms with Crippen molar-refractivity contribution in [3.8, 4) is 11.8 Å². The smallest absolute Gasteiger partial charge is 0.264 e. The van der Waals surface area contributed by atoms with E-state index in [4.69, 9.17) is 28.3 Å². The molecule has 0 fully saturated rings. The SMILES string of the molecule is O=S(=O)(Nc1ccc(C#CCO)cc1)c1cc(Cl)sc1Cl. The van der Waals surface area contributed by atoms with Crippen LogP contribution in [0.3, 0.4) is 0 Å². The van der Waals surface area contributed by atoms with Crippen LogP contribution in [0.2, 0.25) is 8.67 Å². The first-order chi connectivity index (χ1) is 9.92. The van der Waals surface area contributed by atoms with Gasteiger partial charge in [-0.05, 0) is 30.3 Å². The molecule has 0 saturated heterocycles. The van der Waals surface area contributed by atoms with Crippen LogP contribution in [-0.2, 0) is 10.0 Å². The summed E-state index contributed by atoms with van der Waals surface area (Å²) in [6.07, 6.45) is 0. The second-order valence-corrected chi connectivity index (χ2v) is 7.77. The maximum absolute atomic E-state index is 12.2. The molecule has 0 aliphatic heterocycles. The summed E-state index contributed by atoms with van der Waals surface area (Å²) in [4.78, 5) is -0.0525. The summed E-state index contributed by atoms with van der Waals surface area (Å²) in [5, 5.41) is 8.60. The van der Waals surface area contributed by atoms with Crippen molar-refractivity contribution in [2.45, 2.75) is 4.90 Å². The van der Waals surface area contributed by atoms with Crippen LogP contribution in [0.5, 0.6) is 0 Å². The lowest BCUT2D eigenvalue weighted by atomic mass is 10.2. The predicted molar refractivity (Wildman–Crippen MR) is 85.6 cm³/mol. The quantitative estimate of drug-likeness (QED) is 0.824. The fourth-order valence-electron chi connectivity index (χ4n) is 1.48. The van der Waals surface area contributed by atoms with Gasteiger partial charge in [0.15, 0.2) is 0 Å². The summed E-state index contributed by atoms with van der Waals surface area (Å²) in [6, 6.07) is 7.73. The highest BCUT2D eigenvalue weighted by Gasteiger charge is 2.20. The van der Waals surface area contributed by atoms with Crippen molar-refractivity contribution in [1.82, 2.24) is 0 Å². The molecule has 0 bridgehead atoms. The lowest BCUT2D eigenvalue weighted by molar-refractivity contribution is 0.350. The third-order valence-electron chi connectivity index (χ3n) is 2.36. The van der Waals surface area contributed by atoms with E-state index in [1.807, 2.05) is 0 Å². The Labute approximate surface area is 136 Å². The van der Waals surface area contributed by atoms with E-state index in [9.17, 15) is 8.42 Å². The first-order valence-electron chi connectivity index (χ1n) is 5.60. The van der Waals surface area contributed by atoms with Crippen LogP contribution < -0.4 is 4.72 Å². The van der Waals surface area contributed by atoms with Gasteiger partial charge in [-0.15, -0.1) is 11.3 Å². The first kappa shape index (κ1) is 16.1. The second kappa shape index (κ2) is 6.69. The molecule has 1 aromatic heterocycles. The van der Waals surface area contributed by atoms with E-state index in [-0.39, 0.29) is 15.8 Å². The molecule has 2 rings (SSSR count). The Bertz CT molecular complexity index is 802. The number of hydrogen-bond donors (Lipinski definition) is 2. The molecule has 8 heteroatoms. The number of nitrogens with one attached hydrogen (secondary N) is 1. The second-order valence-electron chi connectivity index (χ2n) is 3.83. The number of anilines is 1. The molecule has 1 heterocycles. The summed E-state index contributed by atoms with van der Waals surface area (Å²) in [7, 11) is -3.78. The molecule has 2 N–H and O–H groups in total. The van der Waals surface area contributed by atoms with Crippen LogP contribution in [-0.4, -0.2) is 20.1 Å². The zero-order chi connectivity index (χ0) is 15.5. The molecule has 110 valence electrons. The molecule has 0 radical (unpaired) electrons. The fourth-order valence-corrected chi connectivity index (χ4v) is 4.69. The van der Waals surface area contributed by atoms with Gasteiger partial charge in [-0.2, -0.15) is 0 Å². The van der Waals surface area contributed by atoms with E-state index in [0.717, 1.165) is 11.3 Å². The number of rotatable bonds is 3. The van der Waals surface area contributed by atoms with Crippen LogP contribution in [0, 0.1) is 11.8 Å². The number of hydrogen-bond acceptors (Lipinski definition) is 4. The van der Waals surface area contributed by atoms with Crippen LogP contribution in [0.1, 0.15) is 5.56 Å². The van der Waals surface area contributed by atoms with E-state index in [2.05, 4.69) is 16.6 Å². The average molecular weight is 362 g/mol. The molecule has 0 aliphatic rings. The van der Waals surface area contributed by atoms with Crippen LogP contribution in [0.15, 0.2) is 35.2 Å². The van der Waals surface area contributed by atoms with Gasteiger partial charge in [-0.1, -0.05) is 35.0 Å². The van der Waals surface area contributed by atoms with E-state index >= 15 is 0 Å². The highest BCUT2D eigenvalue weighted by Crippen LogP contribution is 2.35. The lowest BCUT2D eigenvalue weighted by Gasteiger charge is -2.07. The largest absolute Gasteiger partial charge is 0.384 e. The summed E-state index contributed by atoms with van der Waals surface area (Å²) >= 11 is 12.6. The van der Waals surface area contributed by atoms with Crippen LogP contribution >= 0.6 is 34.5 Å². The Balaban J connectivity index is 2.23. The van der Waals surface area contributed by atoms with Gasteiger partial charge in [0.25, 0.3) is 10.0 Å². The Morgan fingerprint density at radius 2 is 1.90 bits per heavy atom. The van der Waals surface area contributed by atoms with Gasteiger partial charge in [0.05, 0.1) is 4.34 Å². The molecule has 0 amide bonds. The maximum atomic E-state index is 12.2. The Hall–Kier alpha value is -1.23. The van der Waals surface area contributed by atoms with E-state index in [1.165, 1.54) is 6.07 Å². The normalized spacial score (nSPS) is 10.8. The molecule has 2 aromatic rings. The van der Waals surface area contributed by atoms with Crippen molar-refractivity contribution in [3.05, 3.63) is 44.6 Å². The molecule has 21 heavy (non-hydrogen) atoms. The van der Waals surface area contributed by atoms with E-state index in [0.29, 0.717) is 15.6 Å². The zero-order valence-corrected chi connectivity index (χ0v) is 13.6. The monoisotopic (exact) mass is 361 g/mol. The van der Waals surface area contributed by atoms with Gasteiger partial charge in [-0.25, -0.2) is 8.42 Å². The lowest BCUT2D eigenvalue weighted by Crippen LogP contribution is -2.12. The minimum atomic E-state index is -3.78. The highest BCUT2D eigenvalue weighted by molar-refractivity contribution is 7.93. The van der Waals surface area contributed by atoms with Gasteiger partial charge >= 0.3 is 0 Å². The molecule has 4 nitrogen and oxygen atoms in total. The third-order valence-corrected chi connectivity index (χ3v) is 5.50. The van der Waals surface area contributed by atoms with Crippen molar-refractivity contribution in [3.63, 3.8) is 0 Å². The maximum Gasteiger partial charge on any atom is 0.264 e. The van der Waals surface area contributed by atoms with Crippen molar-refractivity contribution >= 4 is 50.2 Å². The third kappa shape index (κ3) is 4.13. The molecular formula is C13H9Cl2NO3S2. The van der Waals surface area contributed by atoms with Crippen LogP contribution in [0.25, 0.3) is 0 Å². The van der Waals surface area contributed by atoms with Gasteiger partial charge in [-0.3, -0.25) is 4.72 Å². The summed E-state index contributed by atoms with van der Waals surface area (Å²) in [5.41, 5.74) is 1.05. The van der Waals surface area contributed by atoms with Crippen molar-refractivity contribution in [1.29, 1.82) is 0 Å². The molecule has 0 saturated carbocycles. The molecule has 0 spiro atoms. The number of aliphatic hydroxyl groups excluding tert-OH is 1. The number of aliphatic hydroxyl groups is 1. The topological polar surface area (TPSA) is 66.4 Å². The minimum absolute atomic E-state index is 0.0525. The number of halogens is 2. The molecule has 0 unspecified atom stereocenters. The zero-order valence-electron chi connectivity index (χ0n) is 10.4. The first-order valence-corrected chi connectivity index (χ1v) is 8.65. The highest BCUT2D eigenvalue weighted by atomic mass is 35.5. The van der Waals surface area contributed by atoms with Crippen molar-refractivity contribution in [2.75, 3.05) is 11.3 Å². The number of thiophene rings is 1. The molecule has 1 aromatic carbocycles. The molecule has 0 aliphatic carbocycles. The Morgan fingerprint density at radius 3 is 2.43 bits per heavy atom. The van der Waals surface area contributed by atoms with E-state index in [1.54, 1.807) is 24.3 Å². The average Bonchev–Trinajstić information content (AvgIpc) is 2.77. The summed E-state index contributed by atoms with van der Waals surface area (Å²) in [6.45, 7) is -0.230. The standard InChI is InChI=1S/C13H9Cl2NO3S2/c14-12-8-11(13(15)20-12)21(18,19)16-10-5-3-9(4-6-10)2-1-7-17/h3-6,8,16-17H,7H2. The summed E-state index contributed by atoms with van der Waals surface area (Å²) in [5.74, 6) is 5.22. The van der Waals surface area contributed by atoms with Gasteiger partial charge in [0.1, 0.15) is 15.8 Å². The van der Waals surface area contributed by atoms with Crippen LogP contribution in [0.4, 0.5) is 5.69 Å². The minimum Gasteiger partial charge on any atom is -0.384 e. The van der Waals surface area contributed by atoms with Crippen molar-refractivity contribution in [2.24, 2.45) is 0 Å². The fraction of sp³-hybridized carbons (Fsp3) is 0.0769. The van der Waals surface area contributed by atoms with Gasteiger partial charge in [0.2, 0.25) is 0 Å².